The highest BCUT2D eigenvalue weighted by atomic mass is 16.5. The molecule has 33 heavy (non-hydrogen) atoms. The van der Waals surface area contributed by atoms with E-state index in [-0.39, 0.29) is 23.8 Å². The second-order valence-electron chi connectivity index (χ2n) is 8.79. The Morgan fingerprint density at radius 1 is 0.939 bits per heavy atom. The maximum atomic E-state index is 12.6. The summed E-state index contributed by atoms with van der Waals surface area (Å²) in [6, 6.07) is 11.8. The van der Waals surface area contributed by atoms with Crippen LogP contribution in [0.4, 0.5) is 5.69 Å². The van der Waals surface area contributed by atoms with Gasteiger partial charge >= 0.3 is 0 Å². The highest BCUT2D eigenvalue weighted by molar-refractivity contribution is 5.80. The Balaban J connectivity index is 1.44. The van der Waals surface area contributed by atoms with Crippen LogP contribution in [0.3, 0.4) is 0 Å². The van der Waals surface area contributed by atoms with E-state index < -0.39 is 0 Å². The van der Waals surface area contributed by atoms with E-state index in [9.17, 15) is 4.79 Å². The number of piperidine rings is 1. The Labute approximate surface area is 195 Å². The monoisotopic (exact) mass is 454 g/mol. The molecule has 2 aromatic carbocycles. The van der Waals surface area contributed by atoms with Crippen molar-refractivity contribution >= 4 is 11.6 Å². The van der Waals surface area contributed by atoms with Gasteiger partial charge in [0.2, 0.25) is 5.91 Å². The minimum absolute atomic E-state index is 0.0737. The minimum atomic E-state index is -0.151. The van der Waals surface area contributed by atoms with Gasteiger partial charge in [-0.1, -0.05) is 6.07 Å². The zero-order valence-corrected chi connectivity index (χ0v) is 19.7. The normalized spacial score (nSPS) is 20.8. The number of rotatable bonds is 9. The topological polar surface area (TPSA) is 78.0 Å². The third-order valence-corrected chi connectivity index (χ3v) is 6.62. The van der Waals surface area contributed by atoms with Crippen LogP contribution < -0.4 is 29.6 Å². The number of anilines is 1. The van der Waals surface area contributed by atoms with Crippen molar-refractivity contribution in [2.45, 2.75) is 44.1 Å². The van der Waals surface area contributed by atoms with Gasteiger partial charge in [0.05, 0.1) is 33.4 Å². The van der Waals surface area contributed by atoms with Gasteiger partial charge in [0.15, 0.2) is 11.5 Å². The summed E-state index contributed by atoms with van der Waals surface area (Å²) >= 11 is 0. The molecule has 1 aliphatic carbocycles. The van der Waals surface area contributed by atoms with Crippen molar-refractivity contribution in [1.82, 2.24) is 5.32 Å². The Morgan fingerprint density at radius 3 is 2.33 bits per heavy atom. The molecule has 2 aliphatic rings. The van der Waals surface area contributed by atoms with E-state index in [0.717, 1.165) is 42.0 Å². The highest BCUT2D eigenvalue weighted by Crippen LogP contribution is 2.37. The largest absolute Gasteiger partial charge is 0.497 e. The molecule has 178 valence electrons. The van der Waals surface area contributed by atoms with Crippen molar-refractivity contribution in [2.75, 3.05) is 39.7 Å². The van der Waals surface area contributed by atoms with E-state index in [1.54, 1.807) is 21.3 Å². The van der Waals surface area contributed by atoms with Gasteiger partial charge in [-0.2, -0.15) is 0 Å². The first-order valence-electron chi connectivity index (χ1n) is 11.7. The Bertz CT molecular complexity index is 935. The molecular formula is C26H34N2O5. The highest BCUT2D eigenvalue weighted by Gasteiger charge is 2.30. The van der Waals surface area contributed by atoms with Crippen LogP contribution in [0.15, 0.2) is 36.4 Å². The summed E-state index contributed by atoms with van der Waals surface area (Å²) in [5.41, 5.74) is 2.02. The van der Waals surface area contributed by atoms with Crippen molar-refractivity contribution in [3.63, 3.8) is 0 Å². The Kier molecular flexibility index (Phi) is 7.47. The number of amides is 1. The molecule has 1 aliphatic heterocycles. The number of benzene rings is 2. The number of carbonyl (C=O) groups excluding carboxylic acids is 1. The number of hydrogen-bond acceptors (Lipinski definition) is 6. The lowest BCUT2D eigenvalue weighted by molar-refractivity contribution is -0.126. The van der Waals surface area contributed by atoms with Gasteiger partial charge in [-0.25, -0.2) is 0 Å². The fourth-order valence-electron chi connectivity index (χ4n) is 4.71. The number of hydrogen-bond donors (Lipinski definition) is 2. The fraction of sp³-hybridized carbons (Fsp3) is 0.500. The SMILES string of the molecule is COc1cc(NC[C@@H]2C[C@@H](c3ccc(OC)c(OC4CCCC4)c3)CNC2=O)cc(OC)c1. The maximum Gasteiger partial charge on any atom is 0.224 e. The predicted octanol–water partition coefficient (Wildman–Crippen LogP) is 4.37. The Morgan fingerprint density at radius 2 is 1.67 bits per heavy atom. The molecule has 1 heterocycles. The second-order valence-corrected chi connectivity index (χ2v) is 8.79. The lowest BCUT2D eigenvalue weighted by atomic mass is 9.85. The lowest BCUT2D eigenvalue weighted by Gasteiger charge is -2.30. The van der Waals surface area contributed by atoms with Crippen LogP contribution in [0, 0.1) is 5.92 Å². The molecule has 7 nitrogen and oxygen atoms in total. The van der Waals surface area contributed by atoms with Crippen LogP contribution in [-0.2, 0) is 4.79 Å². The van der Waals surface area contributed by atoms with Gasteiger partial charge in [0, 0.05) is 42.9 Å². The van der Waals surface area contributed by atoms with Crippen molar-refractivity contribution in [3.05, 3.63) is 42.0 Å². The number of ether oxygens (including phenoxy) is 4. The van der Waals surface area contributed by atoms with Gasteiger partial charge in [-0.3, -0.25) is 4.79 Å². The van der Waals surface area contributed by atoms with Crippen molar-refractivity contribution in [2.24, 2.45) is 5.92 Å². The first kappa shape index (κ1) is 23.1. The Hall–Kier alpha value is -3.09. The molecule has 0 radical (unpaired) electrons. The average molecular weight is 455 g/mol. The molecule has 1 saturated carbocycles. The molecule has 0 unspecified atom stereocenters. The minimum Gasteiger partial charge on any atom is -0.497 e. The zero-order valence-electron chi connectivity index (χ0n) is 19.7. The van der Waals surface area contributed by atoms with E-state index >= 15 is 0 Å². The number of methoxy groups -OCH3 is 3. The van der Waals surface area contributed by atoms with Crippen LogP contribution >= 0.6 is 0 Å². The van der Waals surface area contributed by atoms with Gasteiger partial charge in [0.25, 0.3) is 0 Å². The molecule has 0 spiro atoms. The van der Waals surface area contributed by atoms with Gasteiger partial charge in [0.1, 0.15) is 11.5 Å². The molecular weight excluding hydrogens is 420 g/mol. The molecule has 2 aromatic rings. The molecule has 7 heteroatoms. The van der Waals surface area contributed by atoms with Gasteiger partial charge in [-0.05, 0) is 49.8 Å². The third-order valence-electron chi connectivity index (χ3n) is 6.62. The van der Waals surface area contributed by atoms with Crippen molar-refractivity contribution in [1.29, 1.82) is 0 Å². The summed E-state index contributed by atoms with van der Waals surface area (Å²) < 4.78 is 22.5. The fourth-order valence-corrected chi connectivity index (χ4v) is 4.71. The standard InChI is InChI=1S/C26H34N2O5/c1-30-22-12-20(13-23(14-22)31-2)27-16-19-10-18(15-28-26(19)29)17-8-9-24(32-3)25(11-17)33-21-6-4-5-7-21/h8-9,11-14,18-19,21,27H,4-7,10,15-16H2,1-3H3,(H,28,29)/t18-,19+/m1/s1. The van der Waals surface area contributed by atoms with E-state index in [2.05, 4.69) is 22.8 Å². The summed E-state index contributed by atoms with van der Waals surface area (Å²) in [5, 5.41) is 6.46. The molecule has 2 N–H and O–H groups in total. The molecule has 2 atom stereocenters. The van der Waals surface area contributed by atoms with Crippen molar-refractivity contribution < 1.29 is 23.7 Å². The van der Waals surface area contributed by atoms with Crippen molar-refractivity contribution in [3.8, 4) is 23.0 Å². The van der Waals surface area contributed by atoms with Crippen LogP contribution in [0.2, 0.25) is 0 Å². The molecule has 4 rings (SSSR count). The summed E-state index contributed by atoms with van der Waals surface area (Å²) in [7, 11) is 4.92. The molecule has 1 saturated heterocycles. The lowest BCUT2D eigenvalue weighted by Crippen LogP contribution is -2.43. The van der Waals surface area contributed by atoms with Crippen LogP contribution in [0.1, 0.15) is 43.6 Å². The zero-order chi connectivity index (χ0) is 23.2. The molecule has 2 fully saturated rings. The van der Waals surface area contributed by atoms with E-state index in [0.29, 0.717) is 24.6 Å². The van der Waals surface area contributed by atoms with Gasteiger partial charge < -0.3 is 29.6 Å². The molecule has 0 bridgehead atoms. The van der Waals surface area contributed by atoms with Crippen LogP contribution in [-0.4, -0.2) is 46.4 Å². The average Bonchev–Trinajstić information content (AvgIpc) is 3.36. The number of carbonyl (C=O) groups is 1. The summed E-state index contributed by atoms with van der Waals surface area (Å²) in [6.07, 6.45) is 5.64. The maximum absolute atomic E-state index is 12.6. The van der Waals surface area contributed by atoms with Gasteiger partial charge in [-0.15, -0.1) is 0 Å². The quantitative estimate of drug-likeness (QED) is 0.586. The predicted molar refractivity (Wildman–Crippen MR) is 128 cm³/mol. The molecule has 0 aromatic heterocycles. The first-order valence-corrected chi connectivity index (χ1v) is 11.7. The summed E-state index contributed by atoms with van der Waals surface area (Å²) in [4.78, 5) is 12.6. The van der Waals surface area contributed by atoms with Crippen LogP contribution in [0.5, 0.6) is 23.0 Å². The third kappa shape index (κ3) is 5.64. The van der Waals surface area contributed by atoms with E-state index in [4.69, 9.17) is 18.9 Å². The van der Waals surface area contributed by atoms with Crippen LogP contribution in [0.25, 0.3) is 0 Å². The summed E-state index contributed by atoms with van der Waals surface area (Å²) in [6.45, 7) is 1.15. The number of nitrogens with one attached hydrogen (secondary N) is 2. The first-order chi connectivity index (χ1) is 16.1. The second kappa shape index (κ2) is 10.7. The van der Waals surface area contributed by atoms with E-state index in [1.165, 1.54) is 12.8 Å². The van der Waals surface area contributed by atoms with E-state index in [1.807, 2.05) is 24.3 Å². The summed E-state index contributed by atoms with van der Waals surface area (Å²) in [5.74, 6) is 3.11. The smallest absolute Gasteiger partial charge is 0.224 e. The molecule has 1 amide bonds.